The van der Waals surface area contributed by atoms with E-state index in [1.54, 1.807) is 6.20 Å². The maximum atomic E-state index is 8.76. The first-order chi connectivity index (χ1) is 6.88. The van der Waals surface area contributed by atoms with Crippen molar-refractivity contribution in [1.82, 2.24) is 20.2 Å². The summed E-state index contributed by atoms with van der Waals surface area (Å²) in [5.41, 5.74) is 0.924. The molecule has 14 heavy (non-hydrogen) atoms. The van der Waals surface area contributed by atoms with Crippen molar-refractivity contribution in [2.24, 2.45) is 0 Å². The highest BCUT2D eigenvalue weighted by atomic mass is 16.3. The van der Waals surface area contributed by atoms with Gasteiger partial charge < -0.3 is 5.11 Å². The Labute approximate surface area is 80.8 Å². The Morgan fingerprint density at radius 2 is 2.29 bits per heavy atom. The summed E-state index contributed by atoms with van der Waals surface area (Å²) >= 11 is 0. The minimum absolute atomic E-state index is 0.140. The molecule has 2 N–H and O–H groups in total. The third kappa shape index (κ3) is 1.94. The molecule has 0 aliphatic rings. The summed E-state index contributed by atoms with van der Waals surface area (Å²) in [6.07, 6.45) is 2.34. The molecule has 5 nitrogen and oxygen atoms in total. The van der Waals surface area contributed by atoms with Crippen LogP contribution >= 0.6 is 0 Å². The van der Waals surface area contributed by atoms with Gasteiger partial charge in [-0.1, -0.05) is 6.07 Å². The average molecular weight is 190 g/mol. The number of hydrogen-bond donors (Lipinski definition) is 2. The molecule has 0 radical (unpaired) electrons. The fourth-order valence-electron chi connectivity index (χ4n) is 1.16. The van der Waals surface area contributed by atoms with Crippen LogP contribution in [0.4, 0.5) is 0 Å². The van der Waals surface area contributed by atoms with Crippen LogP contribution < -0.4 is 0 Å². The summed E-state index contributed by atoms with van der Waals surface area (Å²) in [7, 11) is 0. The quantitative estimate of drug-likeness (QED) is 0.729. The summed E-state index contributed by atoms with van der Waals surface area (Å²) < 4.78 is 0. The molecule has 2 heterocycles. The number of H-pyrrole nitrogens is 1. The molecule has 0 aliphatic heterocycles. The second kappa shape index (κ2) is 3.97. The van der Waals surface area contributed by atoms with Crippen molar-refractivity contribution in [3.8, 4) is 0 Å². The van der Waals surface area contributed by atoms with Crippen LogP contribution in [0.25, 0.3) is 0 Å². The molecule has 2 rings (SSSR count). The van der Waals surface area contributed by atoms with Crippen LogP contribution in [0.15, 0.2) is 24.4 Å². The minimum Gasteiger partial charge on any atom is -0.388 e. The van der Waals surface area contributed by atoms with E-state index in [4.69, 9.17) is 5.11 Å². The molecule has 0 aliphatic carbocycles. The molecule has 2 aromatic heterocycles. The van der Waals surface area contributed by atoms with Crippen LogP contribution in [0.5, 0.6) is 0 Å². The van der Waals surface area contributed by atoms with Crippen LogP contribution in [0, 0.1) is 0 Å². The van der Waals surface area contributed by atoms with Gasteiger partial charge in [0.15, 0.2) is 5.82 Å². The number of hydrogen-bond acceptors (Lipinski definition) is 4. The zero-order valence-electron chi connectivity index (χ0n) is 7.51. The first-order valence-corrected chi connectivity index (χ1v) is 4.29. The maximum absolute atomic E-state index is 8.76. The van der Waals surface area contributed by atoms with Crippen molar-refractivity contribution in [1.29, 1.82) is 0 Å². The van der Waals surface area contributed by atoms with E-state index in [2.05, 4.69) is 20.2 Å². The Morgan fingerprint density at radius 1 is 1.36 bits per heavy atom. The number of rotatable bonds is 3. The van der Waals surface area contributed by atoms with Crippen molar-refractivity contribution in [3.63, 3.8) is 0 Å². The number of nitrogens with zero attached hydrogens (tertiary/aromatic N) is 3. The van der Waals surface area contributed by atoms with Gasteiger partial charge >= 0.3 is 0 Å². The molecule has 0 saturated heterocycles. The van der Waals surface area contributed by atoms with Crippen LogP contribution in [0.2, 0.25) is 0 Å². The maximum Gasteiger partial charge on any atom is 0.176 e. The molecular formula is C9H10N4O. The van der Waals surface area contributed by atoms with Crippen molar-refractivity contribution in [3.05, 3.63) is 41.7 Å². The van der Waals surface area contributed by atoms with E-state index < -0.39 is 0 Å². The van der Waals surface area contributed by atoms with Crippen molar-refractivity contribution < 1.29 is 5.11 Å². The number of aliphatic hydroxyl groups is 1. The number of aliphatic hydroxyl groups excluding tert-OH is 1. The molecule has 5 heteroatoms. The van der Waals surface area contributed by atoms with E-state index in [0.717, 1.165) is 5.69 Å². The predicted octanol–water partition coefficient (Wildman–Crippen LogP) is 0.283. The van der Waals surface area contributed by atoms with Gasteiger partial charge in [-0.2, -0.15) is 5.10 Å². The van der Waals surface area contributed by atoms with Gasteiger partial charge in [0.05, 0.1) is 0 Å². The molecule has 0 aromatic carbocycles. The first kappa shape index (κ1) is 8.83. The van der Waals surface area contributed by atoms with Crippen molar-refractivity contribution >= 4 is 0 Å². The van der Waals surface area contributed by atoms with E-state index in [1.165, 1.54) is 0 Å². The largest absolute Gasteiger partial charge is 0.388 e. The summed E-state index contributed by atoms with van der Waals surface area (Å²) in [5.74, 6) is 1.13. The van der Waals surface area contributed by atoms with E-state index in [1.807, 2.05) is 18.2 Å². The summed E-state index contributed by atoms with van der Waals surface area (Å²) in [5, 5.41) is 15.3. The summed E-state index contributed by atoms with van der Waals surface area (Å²) in [6, 6.07) is 5.70. The van der Waals surface area contributed by atoms with Gasteiger partial charge in [0.2, 0.25) is 0 Å². The van der Waals surface area contributed by atoms with Crippen molar-refractivity contribution in [2.45, 2.75) is 13.0 Å². The highest BCUT2D eigenvalue weighted by Crippen LogP contribution is 2.01. The second-order valence-corrected chi connectivity index (χ2v) is 2.85. The van der Waals surface area contributed by atoms with Gasteiger partial charge in [-0.3, -0.25) is 10.1 Å². The third-order valence-electron chi connectivity index (χ3n) is 1.79. The normalized spacial score (nSPS) is 10.4. The Hall–Kier alpha value is -1.75. The van der Waals surface area contributed by atoms with E-state index >= 15 is 0 Å². The standard InChI is InChI=1S/C9H10N4O/c14-6-9-11-8(12-13-9)5-7-3-1-2-4-10-7/h1-4,14H,5-6H2,(H,11,12,13). The SMILES string of the molecule is OCc1n[nH]c(Cc2ccccn2)n1. The van der Waals surface area contributed by atoms with E-state index in [0.29, 0.717) is 18.1 Å². The zero-order valence-corrected chi connectivity index (χ0v) is 7.51. The Morgan fingerprint density at radius 3 is 2.93 bits per heavy atom. The lowest BCUT2D eigenvalue weighted by atomic mass is 10.3. The van der Waals surface area contributed by atoms with Crippen LogP contribution in [0.1, 0.15) is 17.3 Å². The molecule has 0 atom stereocenters. The van der Waals surface area contributed by atoms with Gasteiger partial charge in [-0.05, 0) is 12.1 Å². The molecule has 0 spiro atoms. The van der Waals surface area contributed by atoms with E-state index in [9.17, 15) is 0 Å². The molecule has 0 bridgehead atoms. The van der Waals surface area contributed by atoms with E-state index in [-0.39, 0.29) is 6.61 Å². The molecule has 2 aromatic rings. The zero-order chi connectivity index (χ0) is 9.80. The number of aromatic amines is 1. The molecule has 0 amide bonds. The lowest BCUT2D eigenvalue weighted by Crippen LogP contribution is -1.93. The van der Waals surface area contributed by atoms with Crippen LogP contribution in [-0.4, -0.2) is 25.3 Å². The number of aromatic nitrogens is 4. The predicted molar refractivity (Wildman–Crippen MR) is 49.3 cm³/mol. The monoisotopic (exact) mass is 190 g/mol. The molecular weight excluding hydrogens is 180 g/mol. The first-order valence-electron chi connectivity index (χ1n) is 4.29. The number of nitrogens with one attached hydrogen (secondary N) is 1. The smallest absolute Gasteiger partial charge is 0.176 e. The van der Waals surface area contributed by atoms with Crippen LogP contribution in [-0.2, 0) is 13.0 Å². The highest BCUT2D eigenvalue weighted by molar-refractivity contribution is 5.09. The minimum atomic E-state index is -0.140. The molecule has 0 unspecified atom stereocenters. The lowest BCUT2D eigenvalue weighted by Gasteiger charge is -1.94. The molecule has 72 valence electrons. The molecule has 0 fully saturated rings. The van der Waals surface area contributed by atoms with Gasteiger partial charge in [0.1, 0.15) is 12.4 Å². The van der Waals surface area contributed by atoms with Crippen molar-refractivity contribution in [2.75, 3.05) is 0 Å². The Balaban J connectivity index is 2.11. The van der Waals surface area contributed by atoms with Gasteiger partial charge in [0.25, 0.3) is 0 Å². The second-order valence-electron chi connectivity index (χ2n) is 2.85. The van der Waals surface area contributed by atoms with Crippen LogP contribution in [0.3, 0.4) is 0 Å². The highest BCUT2D eigenvalue weighted by Gasteiger charge is 2.02. The number of pyridine rings is 1. The topological polar surface area (TPSA) is 74.7 Å². The van der Waals surface area contributed by atoms with Gasteiger partial charge in [-0.15, -0.1) is 0 Å². The lowest BCUT2D eigenvalue weighted by molar-refractivity contribution is 0.271. The summed E-state index contributed by atoms with van der Waals surface area (Å²) in [6.45, 7) is -0.140. The Bertz CT molecular complexity index is 398. The summed E-state index contributed by atoms with van der Waals surface area (Å²) in [4.78, 5) is 8.23. The molecule has 0 saturated carbocycles. The average Bonchev–Trinajstić information content (AvgIpc) is 2.67. The Kier molecular flexibility index (Phi) is 2.51. The van der Waals surface area contributed by atoms with Gasteiger partial charge in [-0.25, -0.2) is 4.98 Å². The fraction of sp³-hybridized carbons (Fsp3) is 0.222. The van der Waals surface area contributed by atoms with Gasteiger partial charge in [0, 0.05) is 18.3 Å². The third-order valence-corrected chi connectivity index (χ3v) is 1.79. The fourth-order valence-corrected chi connectivity index (χ4v) is 1.16.